The van der Waals surface area contributed by atoms with Crippen molar-refractivity contribution in [3.8, 4) is 5.75 Å². The van der Waals surface area contributed by atoms with Crippen LogP contribution < -0.4 is 15.8 Å². The molecule has 0 fully saturated rings. The number of para-hydroxylation sites is 2. The minimum absolute atomic E-state index is 0.262. The number of benzene rings is 2. The molecule has 20 heavy (non-hydrogen) atoms. The normalized spacial score (nSPS) is 10.1. The fourth-order valence-electron chi connectivity index (χ4n) is 1.78. The monoisotopic (exact) mass is 334 g/mol. The van der Waals surface area contributed by atoms with Gasteiger partial charge in [-0.2, -0.15) is 0 Å². The lowest BCUT2D eigenvalue weighted by Crippen LogP contribution is -2.14. The van der Waals surface area contributed by atoms with Crippen LogP contribution in [0.1, 0.15) is 17.3 Å². The van der Waals surface area contributed by atoms with Gasteiger partial charge in [0.15, 0.2) is 0 Å². The molecule has 3 N–H and O–H groups in total. The Morgan fingerprint density at radius 3 is 2.75 bits per heavy atom. The topological polar surface area (TPSA) is 64.3 Å². The molecule has 0 aliphatic carbocycles. The van der Waals surface area contributed by atoms with Gasteiger partial charge in [0.2, 0.25) is 0 Å². The van der Waals surface area contributed by atoms with Gasteiger partial charge < -0.3 is 15.8 Å². The molecule has 0 radical (unpaired) electrons. The molecule has 0 spiro atoms. The highest BCUT2D eigenvalue weighted by atomic mass is 79.9. The van der Waals surface area contributed by atoms with Gasteiger partial charge in [-0.05, 0) is 37.3 Å². The Kier molecular flexibility index (Phi) is 4.63. The second-order valence-corrected chi connectivity index (χ2v) is 5.03. The van der Waals surface area contributed by atoms with E-state index >= 15 is 0 Å². The number of carbonyl (C=O) groups excluding carboxylic acids is 1. The molecule has 0 aliphatic heterocycles. The van der Waals surface area contributed by atoms with E-state index in [0.29, 0.717) is 29.3 Å². The quantitative estimate of drug-likeness (QED) is 0.838. The maximum atomic E-state index is 12.2. The number of nitrogen functional groups attached to an aromatic ring is 1. The van der Waals surface area contributed by atoms with E-state index in [4.69, 9.17) is 10.5 Å². The molecule has 0 aliphatic rings. The highest BCUT2D eigenvalue weighted by Crippen LogP contribution is 2.25. The summed E-state index contributed by atoms with van der Waals surface area (Å²) in [5, 5.41) is 2.81. The second-order valence-electron chi connectivity index (χ2n) is 4.11. The molecule has 0 atom stereocenters. The lowest BCUT2D eigenvalue weighted by molar-refractivity contribution is 0.102. The number of hydrogen-bond acceptors (Lipinski definition) is 3. The summed E-state index contributed by atoms with van der Waals surface area (Å²) in [4.78, 5) is 12.2. The minimum Gasteiger partial charge on any atom is -0.492 e. The number of nitrogens with one attached hydrogen (secondary N) is 1. The third-order valence-corrected chi connectivity index (χ3v) is 3.19. The van der Waals surface area contributed by atoms with Crippen LogP contribution in [-0.4, -0.2) is 12.5 Å². The molecular weight excluding hydrogens is 320 g/mol. The standard InChI is InChI=1S/C15H15BrN2O2/c1-2-20-14-6-4-3-5-13(14)18-15(19)11-8-7-10(16)9-12(11)17/h3-9H,2,17H2,1H3,(H,18,19). The minimum atomic E-state index is -0.262. The lowest BCUT2D eigenvalue weighted by Gasteiger charge is -2.12. The van der Waals surface area contributed by atoms with Crippen LogP contribution in [0.5, 0.6) is 5.75 Å². The Morgan fingerprint density at radius 2 is 2.05 bits per heavy atom. The van der Waals surface area contributed by atoms with Crippen molar-refractivity contribution in [2.45, 2.75) is 6.92 Å². The fraction of sp³-hybridized carbons (Fsp3) is 0.133. The van der Waals surface area contributed by atoms with Gasteiger partial charge in [-0.25, -0.2) is 0 Å². The van der Waals surface area contributed by atoms with E-state index in [1.807, 2.05) is 25.1 Å². The van der Waals surface area contributed by atoms with Gasteiger partial charge in [0, 0.05) is 10.2 Å². The van der Waals surface area contributed by atoms with Crippen molar-refractivity contribution in [1.82, 2.24) is 0 Å². The molecule has 0 bridgehead atoms. The number of rotatable bonds is 4. The van der Waals surface area contributed by atoms with Crippen LogP contribution >= 0.6 is 15.9 Å². The van der Waals surface area contributed by atoms with Gasteiger partial charge in [-0.15, -0.1) is 0 Å². The first kappa shape index (κ1) is 14.4. The van der Waals surface area contributed by atoms with Crippen LogP contribution in [-0.2, 0) is 0 Å². The fourth-order valence-corrected chi connectivity index (χ4v) is 2.16. The Hall–Kier alpha value is -2.01. The molecule has 0 saturated carbocycles. The first-order valence-electron chi connectivity index (χ1n) is 6.20. The van der Waals surface area contributed by atoms with E-state index in [-0.39, 0.29) is 5.91 Å². The van der Waals surface area contributed by atoms with Crippen molar-refractivity contribution in [2.75, 3.05) is 17.7 Å². The third kappa shape index (κ3) is 3.30. The summed E-state index contributed by atoms with van der Waals surface area (Å²) in [7, 11) is 0. The van der Waals surface area contributed by atoms with Gasteiger partial charge >= 0.3 is 0 Å². The average Bonchev–Trinajstić information content (AvgIpc) is 2.41. The highest BCUT2D eigenvalue weighted by molar-refractivity contribution is 9.10. The van der Waals surface area contributed by atoms with E-state index in [0.717, 1.165) is 4.47 Å². The predicted octanol–water partition coefficient (Wildman–Crippen LogP) is 3.68. The Balaban J connectivity index is 2.23. The largest absolute Gasteiger partial charge is 0.492 e. The van der Waals surface area contributed by atoms with E-state index in [1.54, 1.807) is 24.3 Å². The Morgan fingerprint density at radius 1 is 1.30 bits per heavy atom. The van der Waals surface area contributed by atoms with Crippen LogP contribution in [0.15, 0.2) is 46.9 Å². The molecule has 0 saturated heterocycles. The average molecular weight is 335 g/mol. The van der Waals surface area contributed by atoms with Crippen molar-refractivity contribution in [3.63, 3.8) is 0 Å². The number of halogens is 1. The second kappa shape index (κ2) is 6.43. The van der Waals surface area contributed by atoms with Crippen molar-refractivity contribution in [3.05, 3.63) is 52.5 Å². The molecule has 5 heteroatoms. The molecule has 104 valence electrons. The zero-order valence-electron chi connectivity index (χ0n) is 11.0. The third-order valence-electron chi connectivity index (χ3n) is 2.69. The maximum absolute atomic E-state index is 12.2. The van der Waals surface area contributed by atoms with Crippen LogP contribution in [0, 0.1) is 0 Å². The molecule has 2 aromatic carbocycles. The molecule has 2 rings (SSSR count). The first-order valence-corrected chi connectivity index (χ1v) is 6.99. The van der Waals surface area contributed by atoms with Gasteiger partial charge in [-0.1, -0.05) is 28.1 Å². The highest BCUT2D eigenvalue weighted by Gasteiger charge is 2.12. The lowest BCUT2D eigenvalue weighted by atomic mass is 10.1. The molecule has 0 unspecified atom stereocenters. The molecule has 0 heterocycles. The molecule has 4 nitrogen and oxygen atoms in total. The molecular formula is C15H15BrN2O2. The van der Waals surface area contributed by atoms with Crippen LogP contribution in [0.3, 0.4) is 0 Å². The van der Waals surface area contributed by atoms with Crippen molar-refractivity contribution in [2.24, 2.45) is 0 Å². The van der Waals surface area contributed by atoms with Gasteiger partial charge in [0.05, 0.1) is 17.9 Å². The van der Waals surface area contributed by atoms with Crippen LogP contribution in [0.4, 0.5) is 11.4 Å². The number of hydrogen-bond donors (Lipinski definition) is 2. The smallest absolute Gasteiger partial charge is 0.257 e. The molecule has 0 aromatic heterocycles. The van der Waals surface area contributed by atoms with Crippen molar-refractivity contribution >= 4 is 33.2 Å². The molecule has 1 amide bonds. The van der Waals surface area contributed by atoms with Crippen LogP contribution in [0.25, 0.3) is 0 Å². The van der Waals surface area contributed by atoms with Gasteiger partial charge in [-0.3, -0.25) is 4.79 Å². The number of amides is 1. The summed E-state index contributed by atoms with van der Waals surface area (Å²) in [5.74, 6) is 0.376. The zero-order valence-corrected chi connectivity index (χ0v) is 12.6. The summed E-state index contributed by atoms with van der Waals surface area (Å²) in [5.41, 5.74) is 7.33. The van der Waals surface area contributed by atoms with Crippen LogP contribution in [0.2, 0.25) is 0 Å². The number of carbonyl (C=O) groups is 1. The Labute approximate surface area is 126 Å². The predicted molar refractivity (Wildman–Crippen MR) is 84.1 cm³/mol. The number of nitrogens with two attached hydrogens (primary N) is 1. The first-order chi connectivity index (χ1) is 9.61. The number of ether oxygens (including phenoxy) is 1. The van der Waals surface area contributed by atoms with Gasteiger partial charge in [0.25, 0.3) is 5.91 Å². The number of anilines is 2. The molecule has 2 aromatic rings. The summed E-state index contributed by atoms with van der Waals surface area (Å²) >= 11 is 3.31. The summed E-state index contributed by atoms with van der Waals surface area (Å²) in [6.45, 7) is 2.43. The maximum Gasteiger partial charge on any atom is 0.257 e. The van der Waals surface area contributed by atoms with E-state index in [2.05, 4.69) is 21.2 Å². The van der Waals surface area contributed by atoms with E-state index in [1.165, 1.54) is 0 Å². The SMILES string of the molecule is CCOc1ccccc1NC(=O)c1ccc(Br)cc1N. The summed E-state index contributed by atoms with van der Waals surface area (Å²) in [6.07, 6.45) is 0. The van der Waals surface area contributed by atoms with Crippen molar-refractivity contribution in [1.29, 1.82) is 0 Å². The summed E-state index contributed by atoms with van der Waals surface area (Å²) < 4.78 is 6.30. The van der Waals surface area contributed by atoms with E-state index in [9.17, 15) is 4.79 Å². The van der Waals surface area contributed by atoms with Gasteiger partial charge in [0.1, 0.15) is 5.75 Å². The zero-order chi connectivity index (χ0) is 14.5. The Bertz CT molecular complexity index is 629. The van der Waals surface area contributed by atoms with E-state index < -0.39 is 0 Å². The summed E-state index contributed by atoms with van der Waals surface area (Å²) in [6, 6.07) is 12.4. The van der Waals surface area contributed by atoms with Crippen molar-refractivity contribution < 1.29 is 9.53 Å².